The third-order valence-corrected chi connectivity index (χ3v) is 4.58. The molecule has 1 aliphatic rings. The number of rotatable bonds is 6. The van der Waals surface area contributed by atoms with Gasteiger partial charge in [0.05, 0.1) is 0 Å². The number of piperidine rings is 1. The summed E-state index contributed by atoms with van der Waals surface area (Å²) in [6.45, 7) is 6.98. The average Bonchev–Trinajstić information content (AvgIpc) is 2.62. The minimum atomic E-state index is 0.790. The summed E-state index contributed by atoms with van der Waals surface area (Å²) in [6, 6.07) is 18.1. The number of benzene rings is 2. The van der Waals surface area contributed by atoms with Crippen LogP contribution in [0.3, 0.4) is 0 Å². The van der Waals surface area contributed by atoms with Gasteiger partial charge in [-0.1, -0.05) is 25.1 Å². The lowest BCUT2D eigenvalue weighted by Crippen LogP contribution is -2.35. The van der Waals surface area contributed by atoms with Crippen molar-refractivity contribution in [3.05, 3.63) is 54.6 Å². The highest BCUT2D eigenvalue weighted by atomic mass is 16.5. The minimum absolute atomic E-state index is 0.790. The molecule has 122 valence electrons. The van der Waals surface area contributed by atoms with Crippen LogP contribution in [0, 0.1) is 5.92 Å². The molecule has 0 radical (unpaired) electrons. The Morgan fingerprint density at radius 3 is 2.26 bits per heavy atom. The second-order valence-electron chi connectivity index (χ2n) is 6.20. The van der Waals surface area contributed by atoms with Gasteiger partial charge in [0.1, 0.15) is 11.5 Å². The van der Waals surface area contributed by atoms with Crippen LogP contribution in [-0.4, -0.2) is 31.1 Å². The van der Waals surface area contributed by atoms with Crippen LogP contribution in [0.1, 0.15) is 19.8 Å². The van der Waals surface area contributed by atoms with Crippen LogP contribution in [-0.2, 0) is 0 Å². The number of hydrogen-bond donors (Lipinski definition) is 1. The normalized spacial score (nSPS) is 16.2. The SMILES string of the molecule is CCN1CCC(CNc2ccc(Oc3ccccc3)cc2)CC1. The van der Waals surface area contributed by atoms with Crippen LogP contribution >= 0.6 is 0 Å². The predicted octanol–water partition coefficient (Wildman–Crippen LogP) is 4.62. The Bertz CT molecular complexity index is 574. The van der Waals surface area contributed by atoms with Gasteiger partial charge in [0.25, 0.3) is 0 Å². The molecule has 1 N–H and O–H groups in total. The number of hydrogen-bond acceptors (Lipinski definition) is 3. The second kappa shape index (κ2) is 8.02. The van der Waals surface area contributed by atoms with Gasteiger partial charge in [0, 0.05) is 12.2 Å². The minimum Gasteiger partial charge on any atom is -0.457 e. The maximum atomic E-state index is 5.82. The molecule has 2 aromatic carbocycles. The fourth-order valence-corrected chi connectivity index (χ4v) is 3.03. The smallest absolute Gasteiger partial charge is 0.127 e. The van der Waals surface area contributed by atoms with Crippen LogP contribution in [0.15, 0.2) is 54.6 Å². The van der Waals surface area contributed by atoms with Gasteiger partial charge in [0.2, 0.25) is 0 Å². The lowest BCUT2D eigenvalue weighted by molar-refractivity contribution is 0.198. The fraction of sp³-hybridized carbons (Fsp3) is 0.400. The van der Waals surface area contributed by atoms with Crippen LogP contribution < -0.4 is 10.1 Å². The van der Waals surface area contributed by atoms with Gasteiger partial charge in [-0.05, 0) is 74.8 Å². The third kappa shape index (κ3) is 4.73. The van der Waals surface area contributed by atoms with Gasteiger partial charge in [-0.25, -0.2) is 0 Å². The first kappa shape index (κ1) is 15.9. The summed E-state index contributed by atoms with van der Waals surface area (Å²) in [6.07, 6.45) is 2.60. The van der Waals surface area contributed by atoms with Gasteiger partial charge >= 0.3 is 0 Å². The molecule has 0 aliphatic carbocycles. The van der Waals surface area contributed by atoms with E-state index in [9.17, 15) is 0 Å². The number of nitrogens with zero attached hydrogens (tertiary/aromatic N) is 1. The number of likely N-dealkylation sites (tertiary alicyclic amines) is 1. The van der Waals surface area contributed by atoms with Gasteiger partial charge in [-0.3, -0.25) is 0 Å². The van der Waals surface area contributed by atoms with Crippen molar-refractivity contribution in [2.75, 3.05) is 31.5 Å². The van der Waals surface area contributed by atoms with E-state index in [1.54, 1.807) is 0 Å². The summed E-state index contributed by atoms with van der Waals surface area (Å²) in [4.78, 5) is 2.53. The molecule has 3 rings (SSSR count). The molecule has 2 aromatic rings. The first-order valence-electron chi connectivity index (χ1n) is 8.62. The molecule has 0 saturated carbocycles. The average molecular weight is 310 g/mol. The van der Waals surface area contributed by atoms with Crippen LogP contribution in [0.2, 0.25) is 0 Å². The van der Waals surface area contributed by atoms with Crippen molar-refractivity contribution in [2.24, 2.45) is 5.92 Å². The van der Waals surface area contributed by atoms with Crippen molar-refractivity contribution in [3.63, 3.8) is 0 Å². The first-order chi connectivity index (χ1) is 11.3. The van der Waals surface area contributed by atoms with Crippen LogP contribution in [0.4, 0.5) is 5.69 Å². The van der Waals surface area contributed by atoms with E-state index in [-0.39, 0.29) is 0 Å². The zero-order chi connectivity index (χ0) is 15.9. The van der Waals surface area contributed by atoms with E-state index in [1.807, 2.05) is 42.5 Å². The van der Waals surface area contributed by atoms with Crippen molar-refractivity contribution in [2.45, 2.75) is 19.8 Å². The molecule has 0 unspecified atom stereocenters. The molecule has 0 amide bonds. The van der Waals surface area contributed by atoms with E-state index < -0.39 is 0 Å². The molecule has 0 atom stereocenters. The summed E-state index contributed by atoms with van der Waals surface area (Å²) in [5.41, 5.74) is 1.17. The molecule has 0 spiro atoms. The number of anilines is 1. The molecule has 23 heavy (non-hydrogen) atoms. The highest BCUT2D eigenvalue weighted by Crippen LogP contribution is 2.23. The Morgan fingerprint density at radius 1 is 0.957 bits per heavy atom. The van der Waals surface area contributed by atoms with Crippen molar-refractivity contribution in [1.82, 2.24) is 4.90 Å². The lowest BCUT2D eigenvalue weighted by atomic mass is 9.97. The van der Waals surface area contributed by atoms with Crippen LogP contribution in [0.25, 0.3) is 0 Å². The largest absolute Gasteiger partial charge is 0.457 e. The Morgan fingerprint density at radius 2 is 1.61 bits per heavy atom. The molecule has 3 heteroatoms. The highest BCUT2D eigenvalue weighted by molar-refractivity contribution is 5.47. The highest BCUT2D eigenvalue weighted by Gasteiger charge is 2.17. The topological polar surface area (TPSA) is 24.5 Å². The second-order valence-corrected chi connectivity index (χ2v) is 6.20. The first-order valence-corrected chi connectivity index (χ1v) is 8.62. The third-order valence-electron chi connectivity index (χ3n) is 4.58. The number of para-hydroxylation sites is 1. The van der Waals surface area contributed by atoms with Gasteiger partial charge in [0.15, 0.2) is 0 Å². The van der Waals surface area contributed by atoms with E-state index in [0.717, 1.165) is 24.0 Å². The van der Waals surface area contributed by atoms with Crippen molar-refractivity contribution >= 4 is 5.69 Å². The standard InChI is InChI=1S/C20H26N2O/c1-2-22-14-12-17(13-15-22)16-21-18-8-10-20(11-9-18)23-19-6-4-3-5-7-19/h3-11,17,21H,2,12-16H2,1H3. The number of ether oxygens (including phenoxy) is 1. The van der Waals surface area contributed by atoms with Crippen molar-refractivity contribution in [3.8, 4) is 11.5 Å². The summed E-state index contributed by atoms with van der Waals surface area (Å²) < 4.78 is 5.82. The molecular formula is C20H26N2O. The van der Waals surface area contributed by atoms with Gasteiger partial charge < -0.3 is 15.0 Å². The van der Waals surface area contributed by atoms with E-state index >= 15 is 0 Å². The number of nitrogens with one attached hydrogen (secondary N) is 1. The maximum absolute atomic E-state index is 5.82. The van der Waals surface area contributed by atoms with Crippen molar-refractivity contribution < 1.29 is 4.74 Å². The monoisotopic (exact) mass is 310 g/mol. The summed E-state index contributed by atoms with van der Waals surface area (Å²) in [5, 5.41) is 3.56. The Kier molecular flexibility index (Phi) is 5.54. The van der Waals surface area contributed by atoms with Crippen molar-refractivity contribution in [1.29, 1.82) is 0 Å². The summed E-state index contributed by atoms with van der Waals surface area (Å²) in [7, 11) is 0. The maximum Gasteiger partial charge on any atom is 0.127 e. The van der Waals surface area contributed by atoms with E-state index in [1.165, 1.54) is 38.2 Å². The predicted molar refractivity (Wildman–Crippen MR) is 96.3 cm³/mol. The Labute approximate surface area is 139 Å². The quantitative estimate of drug-likeness (QED) is 0.842. The lowest BCUT2D eigenvalue weighted by Gasteiger charge is -2.31. The van der Waals surface area contributed by atoms with Gasteiger partial charge in [-0.15, -0.1) is 0 Å². The summed E-state index contributed by atoms with van der Waals surface area (Å²) >= 11 is 0. The van der Waals surface area contributed by atoms with E-state index in [2.05, 4.69) is 29.3 Å². The molecule has 1 heterocycles. The van der Waals surface area contributed by atoms with Gasteiger partial charge in [-0.2, -0.15) is 0 Å². The zero-order valence-electron chi connectivity index (χ0n) is 13.9. The molecule has 1 aliphatic heterocycles. The Balaban J connectivity index is 1.46. The molecule has 0 aromatic heterocycles. The zero-order valence-corrected chi connectivity index (χ0v) is 13.9. The molecule has 3 nitrogen and oxygen atoms in total. The summed E-state index contributed by atoms with van der Waals surface area (Å²) in [5.74, 6) is 2.53. The van der Waals surface area contributed by atoms with E-state index in [4.69, 9.17) is 4.74 Å². The fourth-order valence-electron chi connectivity index (χ4n) is 3.03. The molecule has 0 bridgehead atoms. The molecular weight excluding hydrogens is 284 g/mol. The Hall–Kier alpha value is -2.00. The molecule has 1 fully saturated rings. The molecule has 1 saturated heterocycles. The van der Waals surface area contributed by atoms with E-state index in [0.29, 0.717) is 0 Å². The van der Waals surface area contributed by atoms with Crippen LogP contribution in [0.5, 0.6) is 11.5 Å².